The number of thiazole rings is 1. The maximum absolute atomic E-state index is 6.14. The lowest BCUT2D eigenvalue weighted by molar-refractivity contribution is 0.0744. The highest BCUT2D eigenvalue weighted by molar-refractivity contribution is 7.09. The van der Waals surface area contributed by atoms with E-state index in [2.05, 4.69) is 22.2 Å². The fourth-order valence-corrected chi connectivity index (χ4v) is 4.50. The van der Waals surface area contributed by atoms with E-state index >= 15 is 0 Å². The third-order valence-corrected chi connectivity index (χ3v) is 5.19. The highest BCUT2D eigenvalue weighted by Gasteiger charge is 2.43. The lowest BCUT2D eigenvalue weighted by Crippen LogP contribution is -2.48. The summed E-state index contributed by atoms with van der Waals surface area (Å²) in [6.45, 7) is 2.28. The first-order chi connectivity index (χ1) is 8.29. The van der Waals surface area contributed by atoms with E-state index in [-0.39, 0.29) is 0 Å². The molecule has 3 rings (SSSR count). The zero-order valence-corrected chi connectivity index (χ0v) is 11.2. The molecule has 3 atom stereocenters. The van der Waals surface area contributed by atoms with Gasteiger partial charge in [0.15, 0.2) is 0 Å². The Balaban J connectivity index is 1.84. The molecule has 3 nitrogen and oxygen atoms in total. The molecule has 2 fully saturated rings. The van der Waals surface area contributed by atoms with Crippen LogP contribution >= 0.6 is 11.3 Å². The predicted octanol–water partition coefficient (Wildman–Crippen LogP) is 2.55. The van der Waals surface area contributed by atoms with Crippen LogP contribution in [0.15, 0.2) is 11.6 Å². The Hall–Kier alpha value is -0.450. The summed E-state index contributed by atoms with van der Waals surface area (Å²) < 4.78 is 0. The molecule has 17 heavy (non-hydrogen) atoms. The summed E-state index contributed by atoms with van der Waals surface area (Å²) in [5.74, 6) is 0. The van der Waals surface area contributed by atoms with Crippen LogP contribution in [0.5, 0.6) is 0 Å². The molecule has 2 saturated heterocycles. The Kier molecular flexibility index (Phi) is 3.19. The van der Waals surface area contributed by atoms with Crippen molar-refractivity contribution in [2.75, 3.05) is 0 Å². The van der Waals surface area contributed by atoms with Crippen molar-refractivity contribution in [2.24, 2.45) is 5.73 Å². The molecule has 3 heterocycles. The average molecular weight is 251 g/mol. The third kappa shape index (κ3) is 2.02. The summed E-state index contributed by atoms with van der Waals surface area (Å²) in [7, 11) is 0. The van der Waals surface area contributed by atoms with Crippen LogP contribution in [-0.4, -0.2) is 28.0 Å². The van der Waals surface area contributed by atoms with Gasteiger partial charge in [-0.05, 0) is 32.1 Å². The molecule has 0 aliphatic carbocycles. The third-order valence-electron chi connectivity index (χ3n) is 4.31. The van der Waals surface area contributed by atoms with E-state index in [9.17, 15) is 0 Å². The van der Waals surface area contributed by atoms with E-state index in [4.69, 9.17) is 5.73 Å². The molecule has 2 N–H and O–H groups in total. The van der Waals surface area contributed by atoms with Crippen molar-refractivity contribution < 1.29 is 0 Å². The molecule has 0 aromatic carbocycles. The predicted molar refractivity (Wildman–Crippen MR) is 71.0 cm³/mol. The van der Waals surface area contributed by atoms with Crippen LogP contribution in [0.3, 0.4) is 0 Å². The van der Waals surface area contributed by atoms with Crippen molar-refractivity contribution >= 4 is 11.3 Å². The molecule has 1 aromatic heterocycles. The molecule has 0 spiro atoms. The van der Waals surface area contributed by atoms with Crippen LogP contribution in [-0.2, 0) is 0 Å². The number of rotatable bonds is 3. The van der Waals surface area contributed by atoms with Crippen molar-refractivity contribution in [3.8, 4) is 0 Å². The normalized spacial score (nSPS) is 35.1. The second-order valence-corrected chi connectivity index (χ2v) is 6.28. The average Bonchev–Trinajstić information content (AvgIpc) is 2.90. The van der Waals surface area contributed by atoms with Gasteiger partial charge < -0.3 is 5.73 Å². The van der Waals surface area contributed by atoms with E-state index in [1.54, 1.807) is 11.3 Å². The van der Waals surface area contributed by atoms with Crippen molar-refractivity contribution in [1.29, 1.82) is 0 Å². The highest BCUT2D eigenvalue weighted by atomic mass is 32.1. The van der Waals surface area contributed by atoms with Gasteiger partial charge >= 0.3 is 0 Å². The Bertz CT molecular complexity index is 351. The zero-order chi connectivity index (χ0) is 11.8. The summed E-state index contributed by atoms with van der Waals surface area (Å²) in [4.78, 5) is 7.25. The molecular formula is C13H21N3S. The van der Waals surface area contributed by atoms with E-state index < -0.39 is 0 Å². The Morgan fingerprint density at radius 3 is 2.71 bits per heavy atom. The van der Waals surface area contributed by atoms with Gasteiger partial charge in [0.2, 0.25) is 0 Å². The van der Waals surface area contributed by atoms with E-state index in [0.29, 0.717) is 24.2 Å². The van der Waals surface area contributed by atoms with Gasteiger partial charge in [0.1, 0.15) is 5.01 Å². The van der Waals surface area contributed by atoms with E-state index in [0.717, 1.165) is 6.42 Å². The van der Waals surface area contributed by atoms with Gasteiger partial charge in [0, 0.05) is 29.7 Å². The molecule has 2 bridgehead atoms. The lowest BCUT2D eigenvalue weighted by atomic mass is 9.95. The van der Waals surface area contributed by atoms with Gasteiger partial charge in [-0.3, -0.25) is 4.90 Å². The SMILES string of the molecule is CCC(c1nccs1)N1C2CCC1CC(N)C2. The monoisotopic (exact) mass is 251 g/mol. The van der Waals surface area contributed by atoms with Crippen molar-refractivity contribution in [3.05, 3.63) is 16.6 Å². The minimum Gasteiger partial charge on any atom is -0.328 e. The molecular weight excluding hydrogens is 230 g/mol. The van der Waals surface area contributed by atoms with Crippen molar-refractivity contribution in [3.63, 3.8) is 0 Å². The van der Waals surface area contributed by atoms with E-state index in [1.807, 2.05) is 6.20 Å². The van der Waals surface area contributed by atoms with Gasteiger partial charge in [-0.15, -0.1) is 11.3 Å². The molecule has 0 amide bonds. The van der Waals surface area contributed by atoms with E-state index in [1.165, 1.54) is 30.7 Å². The highest BCUT2D eigenvalue weighted by Crippen LogP contribution is 2.42. The zero-order valence-electron chi connectivity index (χ0n) is 10.4. The molecule has 0 radical (unpaired) electrons. The molecule has 0 saturated carbocycles. The Labute approximate surface area is 107 Å². The van der Waals surface area contributed by atoms with Crippen molar-refractivity contribution in [1.82, 2.24) is 9.88 Å². The molecule has 94 valence electrons. The number of hydrogen-bond donors (Lipinski definition) is 1. The number of hydrogen-bond acceptors (Lipinski definition) is 4. The molecule has 2 aliphatic heterocycles. The molecule has 3 unspecified atom stereocenters. The summed E-state index contributed by atoms with van der Waals surface area (Å²) >= 11 is 1.80. The second kappa shape index (κ2) is 4.67. The smallest absolute Gasteiger partial charge is 0.110 e. The quantitative estimate of drug-likeness (QED) is 0.897. The Morgan fingerprint density at radius 2 is 2.18 bits per heavy atom. The van der Waals surface area contributed by atoms with Crippen LogP contribution in [0.2, 0.25) is 0 Å². The van der Waals surface area contributed by atoms with Gasteiger partial charge in [-0.25, -0.2) is 4.98 Å². The molecule has 4 heteroatoms. The second-order valence-electron chi connectivity index (χ2n) is 5.36. The summed E-state index contributed by atoms with van der Waals surface area (Å²) in [5, 5.41) is 3.38. The standard InChI is InChI=1S/C13H21N3S/c1-2-12(13-15-5-6-17-13)16-10-3-4-11(16)8-9(14)7-10/h5-6,9-12H,2-4,7-8,14H2,1H3. The van der Waals surface area contributed by atoms with Crippen LogP contribution in [0.4, 0.5) is 0 Å². The summed E-state index contributed by atoms with van der Waals surface area (Å²) in [5.41, 5.74) is 6.14. The minimum atomic E-state index is 0.428. The molecule has 2 aliphatic rings. The number of nitrogens with zero attached hydrogens (tertiary/aromatic N) is 2. The largest absolute Gasteiger partial charge is 0.328 e. The number of fused-ring (bicyclic) bond motifs is 2. The lowest BCUT2D eigenvalue weighted by Gasteiger charge is -2.41. The number of piperidine rings is 1. The van der Waals surface area contributed by atoms with Crippen LogP contribution in [0, 0.1) is 0 Å². The summed E-state index contributed by atoms with van der Waals surface area (Å²) in [6, 6.07) is 2.37. The summed E-state index contributed by atoms with van der Waals surface area (Å²) in [6.07, 6.45) is 8.12. The van der Waals surface area contributed by atoms with Crippen LogP contribution in [0.1, 0.15) is 50.1 Å². The van der Waals surface area contributed by atoms with Gasteiger partial charge in [0.25, 0.3) is 0 Å². The fourth-order valence-electron chi connectivity index (χ4n) is 3.68. The van der Waals surface area contributed by atoms with Gasteiger partial charge in [-0.1, -0.05) is 6.92 Å². The first-order valence-electron chi connectivity index (χ1n) is 6.72. The molecule has 1 aromatic rings. The number of nitrogens with two attached hydrogens (primary N) is 1. The number of aromatic nitrogens is 1. The van der Waals surface area contributed by atoms with Gasteiger partial charge in [-0.2, -0.15) is 0 Å². The van der Waals surface area contributed by atoms with Crippen LogP contribution in [0.25, 0.3) is 0 Å². The fraction of sp³-hybridized carbons (Fsp3) is 0.769. The first-order valence-corrected chi connectivity index (χ1v) is 7.60. The van der Waals surface area contributed by atoms with Gasteiger partial charge in [0.05, 0.1) is 6.04 Å². The topological polar surface area (TPSA) is 42.2 Å². The maximum Gasteiger partial charge on any atom is 0.110 e. The van der Waals surface area contributed by atoms with Crippen molar-refractivity contribution in [2.45, 2.75) is 63.2 Å². The Morgan fingerprint density at radius 1 is 1.47 bits per heavy atom. The van der Waals surface area contributed by atoms with Crippen LogP contribution < -0.4 is 5.73 Å². The first kappa shape index (κ1) is 11.6. The maximum atomic E-state index is 6.14. The minimum absolute atomic E-state index is 0.428.